The summed E-state index contributed by atoms with van der Waals surface area (Å²) in [4.78, 5) is 12.5. The first-order valence-electron chi connectivity index (χ1n) is 9.83. The van der Waals surface area contributed by atoms with Gasteiger partial charge in [0.05, 0.1) is 35.5 Å². The van der Waals surface area contributed by atoms with Gasteiger partial charge in [-0.3, -0.25) is 9.10 Å². The van der Waals surface area contributed by atoms with Gasteiger partial charge in [-0.05, 0) is 57.9 Å². The minimum Gasteiger partial charge on any atom is -0.493 e. The van der Waals surface area contributed by atoms with Crippen molar-refractivity contribution in [3.05, 3.63) is 82.6 Å². The Balaban J connectivity index is 1.83. The summed E-state index contributed by atoms with van der Waals surface area (Å²) in [6.07, 6.45) is 1.35. The van der Waals surface area contributed by atoms with Gasteiger partial charge in [0, 0.05) is 0 Å². The third-order valence-corrected chi connectivity index (χ3v) is 6.96. The summed E-state index contributed by atoms with van der Waals surface area (Å²) in [5.41, 5.74) is 2.60. The van der Waals surface area contributed by atoms with Crippen LogP contribution in [0.25, 0.3) is 0 Å². The fraction of sp³-hybridized carbons (Fsp3) is 0.130. The van der Waals surface area contributed by atoms with Crippen molar-refractivity contribution in [2.75, 3.05) is 25.1 Å². The molecule has 0 bridgehead atoms. The molecule has 0 aliphatic rings. The fourth-order valence-corrected chi connectivity index (χ4v) is 5.10. The number of sulfonamides is 1. The van der Waals surface area contributed by atoms with Gasteiger partial charge in [-0.2, -0.15) is 5.10 Å². The molecule has 3 rings (SSSR count). The summed E-state index contributed by atoms with van der Waals surface area (Å²) in [5, 5.41) is 3.88. The first kappa shape index (κ1) is 25.2. The van der Waals surface area contributed by atoms with Crippen LogP contribution in [0.3, 0.4) is 0 Å². The first-order chi connectivity index (χ1) is 16.3. The van der Waals surface area contributed by atoms with E-state index >= 15 is 0 Å². The summed E-state index contributed by atoms with van der Waals surface area (Å²) >= 11 is 3.37. The maximum atomic E-state index is 14.5. The summed E-state index contributed by atoms with van der Waals surface area (Å²) in [6, 6.07) is 16.1. The normalized spacial score (nSPS) is 11.3. The van der Waals surface area contributed by atoms with E-state index in [0.29, 0.717) is 25.8 Å². The number of benzene rings is 3. The Kier molecular flexibility index (Phi) is 8.24. The number of halogens is 2. The van der Waals surface area contributed by atoms with Gasteiger partial charge in [0.2, 0.25) is 0 Å². The van der Waals surface area contributed by atoms with Crippen molar-refractivity contribution in [3.8, 4) is 11.5 Å². The minimum absolute atomic E-state index is 0.0790. The molecule has 3 aromatic rings. The van der Waals surface area contributed by atoms with Crippen LogP contribution in [-0.2, 0) is 14.8 Å². The Bertz CT molecular complexity index is 1300. The predicted molar refractivity (Wildman–Crippen MR) is 130 cm³/mol. The number of hydrazone groups is 1. The molecule has 0 saturated carbocycles. The summed E-state index contributed by atoms with van der Waals surface area (Å²) in [7, 11) is -1.24. The van der Waals surface area contributed by atoms with Crippen LogP contribution in [0.1, 0.15) is 5.56 Å². The van der Waals surface area contributed by atoms with Crippen LogP contribution in [-0.4, -0.2) is 41.3 Å². The van der Waals surface area contributed by atoms with E-state index in [2.05, 4.69) is 26.5 Å². The molecule has 1 N–H and O–H groups in total. The summed E-state index contributed by atoms with van der Waals surface area (Å²) in [6.45, 7) is -0.689. The average molecular weight is 550 g/mol. The SMILES string of the molecule is COc1cc(/C=N\NC(=O)CN(c2ccccc2F)S(=O)(=O)c2ccccc2)cc(Br)c1OC. The molecular weight excluding hydrogens is 529 g/mol. The van der Waals surface area contributed by atoms with Crippen molar-refractivity contribution in [1.29, 1.82) is 0 Å². The molecule has 34 heavy (non-hydrogen) atoms. The largest absolute Gasteiger partial charge is 0.493 e. The number of ether oxygens (including phenoxy) is 2. The van der Waals surface area contributed by atoms with Gasteiger partial charge in [-0.1, -0.05) is 30.3 Å². The molecule has 0 aliphatic carbocycles. The van der Waals surface area contributed by atoms with E-state index in [9.17, 15) is 17.6 Å². The van der Waals surface area contributed by atoms with Crippen molar-refractivity contribution in [1.82, 2.24) is 5.43 Å². The van der Waals surface area contributed by atoms with E-state index in [1.807, 2.05) is 0 Å². The van der Waals surface area contributed by atoms with E-state index in [-0.39, 0.29) is 10.6 Å². The smallest absolute Gasteiger partial charge is 0.264 e. The molecule has 0 fully saturated rings. The lowest BCUT2D eigenvalue weighted by Crippen LogP contribution is -2.40. The number of nitrogens with one attached hydrogen (secondary N) is 1. The molecule has 3 aromatic carbocycles. The zero-order chi connectivity index (χ0) is 24.7. The van der Waals surface area contributed by atoms with Crippen LogP contribution >= 0.6 is 15.9 Å². The number of hydrogen-bond donors (Lipinski definition) is 1. The lowest BCUT2D eigenvalue weighted by Gasteiger charge is -2.24. The predicted octanol–water partition coefficient (Wildman–Crippen LogP) is 3.95. The van der Waals surface area contributed by atoms with Crippen LogP contribution in [0, 0.1) is 5.82 Å². The van der Waals surface area contributed by atoms with E-state index < -0.39 is 28.3 Å². The highest BCUT2D eigenvalue weighted by Gasteiger charge is 2.28. The highest BCUT2D eigenvalue weighted by Crippen LogP contribution is 2.35. The minimum atomic E-state index is -4.23. The molecule has 0 heterocycles. The molecule has 0 unspecified atom stereocenters. The number of methoxy groups -OCH3 is 2. The number of para-hydroxylation sites is 1. The highest BCUT2D eigenvalue weighted by atomic mass is 79.9. The van der Waals surface area contributed by atoms with Crippen molar-refractivity contribution >= 4 is 43.8 Å². The van der Waals surface area contributed by atoms with Gasteiger partial charge >= 0.3 is 0 Å². The van der Waals surface area contributed by atoms with Gasteiger partial charge in [-0.25, -0.2) is 18.2 Å². The molecule has 8 nitrogen and oxygen atoms in total. The second-order valence-corrected chi connectivity index (χ2v) is 9.52. The molecule has 178 valence electrons. The third kappa shape index (κ3) is 5.72. The topological polar surface area (TPSA) is 97.3 Å². The average Bonchev–Trinajstić information content (AvgIpc) is 2.83. The van der Waals surface area contributed by atoms with Gasteiger partial charge in [0.1, 0.15) is 12.4 Å². The van der Waals surface area contributed by atoms with Gasteiger partial charge in [0.25, 0.3) is 15.9 Å². The van der Waals surface area contributed by atoms with Crippen molar-refractivity contribution in [2.24, 2.45) is 5.10 Å². The monoisotopic (exact) mass is 549 g/mol. The lowest BCUT2D eigenvalue weighted by atomic mass is 10.2. The third-order valence-electron chi connectivity index (χ3n) is 4.60. The van der Waals surface area contributed by atoms with Crippen LogP contribution in [0.4, 0.5) is 10.1 Å². The zero-order valence-electron chi connectivity index (χ0n) is 18.2. The molecule has 1 amide bonds. The number of anilines is 1. The maximum absolute atomic E-state index is 14.5. The second kappa shape index (κ2) is 11.1. The van der Waals surface area contributed by atoms with E-state index in [1.165, 1.54) is 62.9 Å². The molecule has 11 heteroatoms. The van der Waals surface area contributed by atoms with Gasteiger partial charge in [0.15, 0.2) is 11.5 Å². The maximum Gasteiger partial charge on any atom is 0.264 e. The number of nitrogens with zero attached hydrogens (tertiary/aromatic N) is 2. The standard InChI is InChI=1S/C23H21BrFN3O5S/c1-32-21-13-16(12-18(24)23(21)33-2)14-26-27-22(29)15-28(20-11-7-6-10-19(20)25)34(30,31)17-8-4-3-5-9-17/h3-14H,15H2,1-2H3,(H,27,29)/b26-14-. The van der Waals surface area contributed by atoms with Crippen LogP contribution < -0.4 is 19.2 Å². The number of hydrogen-bond acceptors (Lipinski definition) is 6. The Morgan fingerprint density at radius 3 is 2.41 bits per heavy atom. The van der Waals surface area contributed by atoms with E-state index in [4.69, 9.17) is 9.47 Å². The summed E-state index contributed by atoms with van der Waals surface area (Å²) in [5.74, 6) is -0.605. The molecule has 0 aliphatic heterocycles. The molecule has 0 aromatic heterocycles. The van der Waals surface area contributed by atoms with Crippen molar-refractivity contribution < 1.29 is 27.1 Å². The van der Waals surface area contributed by atoms with Crippen molar-refractivity contribution in [3.63, 3.8) is 0 Å². The van der Waals surface area contributed by atoms with E-state index in [1.54, 1.807) is 18.2 Å². The van der Waals surface area contributed by atoms with Crippen LogP contribution in [0.5, 0.6) is 11.5 Å². The van der Waals surface area contributed by atoms with Crippen LogP contribution in [0.15, 0.2) is 81.2 Å². The second-order valence-electron chi connectivity index (χ2n) is 6.81. The van der Waals surface area contributed by atoms with Crippen molar-refractivity contribution in [2.45, 2.75) is 4.90 Å². The Morgan fingerprint density at radius 1 is 1.09 bits per heavy atom. The fourth-order valence-electron chi connectivity index (χ4n) is 3.03. The van der Waals surface area contributed by atoms with E-state index in [0.717, 1.165) is 6.07 Å². The number of carbonyl (C=O) groups is 1. The zero-order valence-corrected chi connectivity index (χ0v) is 20.6. The number of carbonyl (C=O) groups excluding carboxylic acids is 1. The first-order valence-corrected chi connectivity index (χ1v) is 12.1. The molecule has 0 spiro atoms. The Hall–Kier alpha value is -3.44. The molecule has 0 saturated heterocycles. The van der Waals surface area contributed by atoms with Crippen LogP contribution in [0.2, 0.25) is 0 Å². The number of amides is 1. The lowest BCUT2D eigenvalue weighted by molar-refractivity contribution is -0.119. The molecular formula is C23H21BrFN3O5S. The highest BCUT2D eigenvalue weighted by molar-refractivity contribution is 9.10. The Morgan fingerprint density at radius 2 is 1.76 bits per heavy atom. The molecule has 0 radical (unpaired) electrons. The quantitative estimate of drug-likeness (QED) is 0.322. The van der Waals surface area contributed by atoms with Gasteiger partial charge in [-0.15, -0.1) is 0 Å². The summed E-state index contributed by atoms with van der Waals surface area (Å²) < 4.78 is 52.7. The number of rotatable bonds is 9. The Labute approximate surface area is 205 Å². The molecule has 0 atom stereocenters. The van der Waals surface area contributed by atoms with Gasteiger partial charge < -0.3 is 9.47 Å².